The molecule has 0 saturated carbocycles. The minimum atomic E-state index is -0.540. The van der Waals surface area contributed by atoms with Crippen molar-refractivity contribution in [3.05, 3.63) is 41.0 Å². The van der Waals surface area contributed by atoms with E-state index in [0.717, 1.165) is 5.56 Å². The lowest BCUT2D eigenvalue weighted by Crippen LogP contribution is -2.37. The summed E-state index contributed by atoms with van der Waals surface area (Å²) in [7, 11) is 0. The Kier molecular flexibility index (Phi) is 3.31. The summed E-state index contributed by atoms with van der Waals surface area (Å²) in [6.07, 6.45) is 0. The van der Waals surface area contributed by atoms with Crippen LogP contribution < -0.4 is 5.73 Å². The molecule has 24 heavy (non-hydrogen) atoms. The standard InChI is InChI=1S/C16H17FN4O3/c1-9-2-3-11(17)4-12(9)13(22)21-5-10-6-23-8-16(10,7-21)14-19-20-15(18)24-14/h2-4,10H,5-8H2,1H3,(H2,18,20)/t10-,16-/m0/s1. The van der Waals surface area contributed by atoms with Gasteiger partial charge < -0.3 is 19.8 Å². The van der Waals surface area contributed by atoms with Gasteiger partial charge in [0.15, 0.2) is 0 Å². The molecule has 0 spiro atoms. The number of carbonyl (C=O) groups is 1. The van der Waals surface area contributed by atoms with Crippen LogP contribution in [0.2, 0.25) is 0 Å². The number of aryl methyl sites for hydroxylation is 1. The third kappa shape index (κ3) is 2.17. The average Bonchev–Trinajstić information content (AvgIpc) is 3.22. The van der Waals surface area contributed by atoms with E-state index in [-0.39, 0.29) is 17.8 Å². The number of rotatable bonds is 2. The Bertz CT molecular complexity index is 808. The number of likely N-dealkylation sites (tertiary alicyclic amines) is 1. The predicted molar refractivity (Wildman–Crippen MR) is 81.7 cm³/mol. The van der Waals surface area contributed by atoms with E-state index in [1.54, 1.807) is 17.9 Å². The van der Waals surface area contributed by atoms with Gasteiger partial charge in [0.2, 0.25) is 5.89 Å². The number of nitrogen functional groups attached to an aromatic ring is 1. The number of amides is 1. The second-order valence-electron chi connectivity index (χ2n) is 6.46. The van der Waals surface area contributed by atoms with Gasteiger partial charge >= 0.3 is 6.01 Å². The first-order chi connectivity index (χ1) is 11.5. The van der Waals surface area contributed by atoms with Gasteiger partial charge in [-0.25, -0.2) is 4.39 Å². The van der Waals surface area contributed by atoms with Crippen molar-refractivity contribution in [2.45, 2.75) is 12.3 Å². The molecule has 2 N–H and O–H groups in total. The molecule has 7 nitrogen and oxygen atoms in total. The molecular weight excluding hydrogens is 315 g/mol. The molecule has 2 saturated heterocycles. The van der Waals surface area contributed by atoms with Gasteiger partial charge in [0.1, 0.15) is 5.82 Å². The van der Waals surface area contributed by atoms with Crippen molar-refractivity contribution >= 4 is 11.9 Å². The van der Waals surface area contributed by atoms with Gasteiger partial charge in [-0.3, -0.25) is 4.79 Å². The number of ether oxygens (including phenoxy) is 1. The van der Waals surface area contributed by atoms with Gasteiger partial charge in [-0.15, -0.1) is 5.10 Å². The van der Waals surface area contributed by atoms with Crippen LogP contribution in [0, 0.1) is 18.7 Å². The number of benzene rings is 1. The van der Waals surface area contributed by atoms with E-state index >= 15 is 0 Å². The number of nitrogens with two attached hydrogens (primary N) is 1. The van der Waals surface area contributed by atoms with Gasteiger partial charge in [0.25, 0.3) is 5.91 Å². The fourth-order valence-electron chi connectivity index (χ4n) is 3.62. The van der Waals surface area contributed by atoms with Crippen molar-refractivity contribution in [3.8, 4) is 0 Å². The average molecular weight is 332 g/mol. The lowest BCUT2D eigenvalue weighted by Gasteiger charge is -2.23. The summed E-state index contributed by atoms with van der Waals surface area (Å²) in [6, 6.07) is 4.23. The summed E-state index contributed by atoms with van der Waals surface area (Å²) in [5.41, 5.74) is 6.12. The first-order valence-corrected chi connectivity index (χ1v) is 7.72. The summed E-state index contributed by atoms with van der Waals surface area (Å²) in [4.78, 5) is 14.6. The summed E-state index contributed by atoms with van der Waals surface area (Å²) in [6.45, 7) is 3.58. The van der Waals surface area contributed by atoms with Crippen molar-refractivity contribution in [1.82, 2.24) is 15.1 Å². The monoisotopic (exact) mass is 332 g/mol. The van der Waals surface area contributed by atoms with Crippen molar-refractivity contribution in [2.75, 3.05) is 32.0 Å². The molecule has 0 bridgehead atoms. The van der Waals surface area contributed by atoms with Crippen LogP contribution in [0.1, 0.15) is 21.8 Å². The number of aromatic nitrogens is 2. The number of fused-ring (bicyclic) bond motifs is 1. The Labute approximate surface area is 137 Å². The van der Waals surface area contributed by atoms with E-state index in [1.807, 2.05) is 0 Å². The van der Waals surface area contributed by atoms with Crippen LogP contribution in [-0.4, -0.2) is 47.3 Å². The van der Waals surface area contributed by atoms with Crippen LogP contribution >= 0.6 is 0 Å². The highest BCUT2D eigenvalue weighted by molar-refractivity contribution is 5.96. The van der Waals surface area contributed by atoms with Crippen LogP contribution in [0.3, 0.4) is 0 Å². The SMILES string of the molecule is Cc1ccc(F)cc1C(=O)N1C[C@H]2COC[C@@]2(c2nnc(N)o2)C1. The zero-order chi connectivity index (χ0) is 16.9. The molecule has 2 fully saturated rings. The third-order valence-electron chi connectivity index (χ3n) is 4.96. The molecular formula is C16H17FN4O3. The number of carbonyl (C=O) groups excluding carboxylic acids is 1. The van der Waals surface area contributed by atoms with E-state index in [1.165, 1.54) is 12.1 Å². The van der Waals surface area contributed by atoms with Crippen LogP contribution in [0.15, 0.2) is 22.6 Å². The third-order valence-corrected chi connectivity index (χ3v) is 4.96. The topological polar surface area (TPSA) is 94.5 Å². The lowest BCUT2D eigenvalue weighted by molar-refractivity contribution is 0.0737. The summed E-state index contributed by atoms with van der Waals surface area (Å²) in [5, 5.41) is 7.73. The molecule has 2 aromatic rings. The second kappa shape index (κ2) is 5.27. The Morgan fingerprint density at radius 2 is 2.29 bits per heavy atom. The Morgan fingerprint density at radius 1 is 1.46 bits per heavy atom. The Morgan fingerprint density at radius 3 is 3.04 bits per heavy atom. The van der Waals surface area contributed by atoms with Crippen LogP contribution in [0.25, 0.3) is 0 Å². The summed E-state index contributed by atoms with van der Waals surface area (Å²) >= 11 is 0. The predicted octanol–water partition coefficient (Wildman–Crippen LogP) is 1.14. The Hall–Kier alpha value is -2.48. The summed E-state index contributed by atoms with van der Waals surface area (Å²) in [5.74, 6) is -0.178. The molecule has 2 aliphatic heterocycles. The van der Waals surface area contributed by atoms with E-state index in [0.29, 0.717) is 37.8 Å². The zero-order valence-electron chi connectivity index (χ0n) is 13.2. The fourth-order valence-corrected chi connectivity index (χ4v) is 3.62. The molecule has 3 heterocycles. The molecule has 0 unspecified atom stereocenters. The Balaban J connectivity index is 1.65. The fraction of sp³-hybridized carbons (Fsp3) is 0.438. The smallest absolute Gasteiger partial charge is 0.312 e. The second-order valence-corrected chi connectivity index (χ2v) is 6.46. The molecule has 126 valence electrons. The molecule has 1 aromatic carbocycles. The molecule has 0 radical (unpaired) electrons. The highest BCUT2D eigenvalue weighted by Crippen LogP contribution is 2.43. The quantitative estimate of drug-likeness (QED) is 0.886. The minimum absolute atomic E-state index is 0.00391. The maximum Gasteiger partial charge on any atom is 0.312 e. The normalized spacial score (nSPS) is 25.9. The molecule has 0 aliphatic carbocycles. The van der Waals surface area contributed by atoms with Gasteiger partial charge in [0.05, 0.1) is 18.6 Å². The first kappa shape index (κ1) is 15.1. The maximum absolute atomic E-state index is 13.5. The van der Waals surface area contributed by atoms with Crippen LogP contribution in [-0.2, 0) is 10.2 Å². The lowest BCUT2D eigenvalue weighted by atomic mass is 9.81. The van der Waals surface area contributed by atoms with Gasteiger partial charge in [0, 0.05) is 24.6 Å². The van der Waals surface area contributed by atoms with Gasteiger partial charge in [-0.2, -0.15) is 0 Å². The largest absolute Gasteiger partial charge is 0.407 e. The van der Waals surface area contributed by atoms with Gasteiger partial charge in [-0.05, 0) is 24.6 Å². The number of hydrogen-bond acceptors (Lipinski definition) is 6. The van der Waals surface area contributed by atoms with E-state index in [2.05, 4.69) is 10.2 Å². The van der Waals surface area contributed by atoms with Crippen molar-refractivity contribution in [3.63, 3.8) is 0 Å². The summed E-state index contributed by atoms with van der Waals surface area (Å²) < 4.78 is 24.5. The van der Waals surface area contributed by atoms with E-state index in [4.69, 9.17) is 14.9 Å². The minimum Gasteiger partial charge on any atom is -0.407 e. The number of halogens is 1. The van der Waals surface area contributed by atoms with Gasteiger partial charge in [-0.1, -0.05) is 11.2 Å². The van der Waals surface area contributed by atoms with E-state index in [9.17, 15) is 9.18 Å². The highest BCUT2D eigenvalue weighted by Gasteiger charge is 2.56. The molecule has 1 amide bonds. The zero-order valence-corrected chi connectivity index (χ0v) is 13.2. The number of anilines is 1. The van der Waals surface area contributed by atoms with Crippen molar-refractivity contribution in [2.24, 2.45) is 5.92 Å². The van der Waals surface area contributed by atoms with Crippen LogP contribution in [0.5, 0.6) is 0 Å². The highest BCUT2D eigenvalue weighted by atomic mass is 19.1. The maximum atomic E-state index is 13.5. The molecule has 4 rings (SSSR count). The molecule has 2 aliphatic rings. The molecule has 2 atom stereocenters. The molecule has 1 aromatic heterocycles. The van der Waals surface area contributed by atoms with Crippen molar-refractivity contribution in [1.29, 1.82) is 0 Å². The number of hydrogen-bond donors (Lipinski definition) is 1. The molecule has 8 heteroatoms. The first-order valence-electron chi connectivity index (χ1n) is 7.72. The number of nitrogens with zero attached hydrogens (tertiary/aromatic N) is 3. The van der Waals surface area contributed by atoms with E-state index < -0.39 is 11.2 Å². The van der Waals surface area contributed by atoms with Crippen molar-refractivity contribution < 1.29 is 18.3 Å². The van der Waals surface area contributed by atoms with Crippen LogP contribution in [0.4, 0.5) is 10.4 Å².